The second-order valence-corrected chi connectivity index (χ2v) is 5.10. The van der Waals surface area contributed by atoms with Crippen LogP contribution in [0.25, 0.3) is 0 Å². The molecule has 0 aliphatic carbocycles. The van der Waals surface area contributed by atoms with Gasteiger partial charge >= 0.3 is 0 Å². The highest BCUT2D eigenvalue weighted by atomic mass is 16.7. The normalized spacial score (nSPS) is 28.8. The molecule has 2 rings (SSSR count). The van der Waals surface area contributed by atoms with Crippen LogP contribution in [-0.4, -0.2) is 23.4 Å². The zero-order chi connectivity index (χ0) is 13.7. The second-order valence-electron chi connectivity index (χ2n) is 5.10. The first-order valence-corrected chi connectivity index (χ1v) is 6.84. The van der Waals surface area contributed by atoms with E-state index in [2.05, 4.69) is 6.58 Å². The maximum atomic E-state index is 9.85. The third-order valence-corrected chi connectivity index (χ3v) is 3.31. The molecule has 0 saturated carbocycles. The predicted molar refractivity (Wildman–Crippen MR) is 74.7 cm³/mol. The van der Waals surface area contributed by atoms with E-state index in [4.69, 9.17) is 9.47 Å². The minimum absolute atomic E-state index is 0.0314. The first kappa shape index (κ1) is 14.3. The van der Waals surface area contributed by atoms with Crippen LogP contribution in [0.3, 0.4) is 0 Å². The molecule has 3 nitrogen and oxygen atoms in total. The molecule has 0 bridgehead atoms. The van der Waals surface area contributed by atoms with Crippen LogP contribution >= 0.6 is 0 Å². The number of aliphatic hydroxyl groups is 1. The fraction of sp³-hybridized carbons (Fsp3) is 0.500. The Bertz CT molecular complexity index is 390. The molecule has 1 heterocycles. The first-order chi connectivity index (χ1) is 9.19. The number of rotatable bonds is 5. The monoisotopic (exact) mass is 262 g/mol. The van der Waals surface area contributed by atoms with Gasteiger partial charge in [0.15, 0.2) is 6.29 Å². The first-order valence-electron chi connectivity index (χ1n) is 6.84. The van der Waals surface area contributed by atoms with Crippen molar-refractivity contribution in [1.29, 1.82) is 0 Å². The average Bonchev–Trinajstić information content (AvgIpc) is 2.39. The topological polar surface area (TPSA) is 38.7 Å². The largest absolute Gasteiger partial charge is 0.393 e. The average molecular weight is 262 g/mol. The highest BCUT2D eigenvalue weighted by molar-refractivity contribution is 5.16. The van der Waals surface area contributed by atoms with Crippen molar-refractivity contribution in [2.45, 2.75) is 50.8 Å². The molecule has 0 aromatic heterocycles. The van der Waals surface area contributed by atoms with Crippen LogP contribution in [0.5, 0.6) is 0 Å². The fourth-order valence-electron chi connectivity index (χ4n) is 2.41. The Kier molecular flexibility index (Phi) is 5.14. The van der Waals surface area contributed by atoms with E-state index >= 15 is 0 Å². The maximum Gasteiger partial charge on any atom is 0.184 e. The van der Waals surface area contributed by atoms with Crippen LogP contribution in [-0.2, 0) is 9.47 Å². The van der Waals surface area contributed by atoms with E-state index in [9.17, 15) is 5.11 Å². The summed E-state index contributed by atoms with van der Waals surface area (Å²) in [6.45, 7) is 5.69. The summed E-state index contributed by atoms with van der Waals surface area (Å²) in [5.41, 5.74) is 1.03. The highest BCUT2D eigenvalue weighted by Gasteiger charge is 2.29. The molecule has 0 spiro atoms. The van der Waals surface area contributed by atoms with Gasteiger partial charge in [-0.3, -0.25) is 0 Å². The van der Waals surface area contributed by atoms with Crippen molar-refractivity contribution in [2.75, 3.05) is 0 Å². The van der Waals surface area contributed by atoms with Gasteiger partial charge in [0.2, 0.25) is 0 Å². The van der Waals surface area contributed by atoms with Gasteiger partial charge in [-0.2, -0.15) is 0 Å². The maximum absolute atomic E-state index is 9.85. The van der Waals surface area contributed by atoms with Crippen LogP contribution in [0, 0.1) is 0 Å². The van der Waals surface area contributed by atoms with E-state index in [-0.39, 0.29) is 24.6 Å². The Balaban J connectivity index is 1.98. The van der Waals surface area contributed by atoms with Crippen LogP contribution in [0.15, 0.2) is 43.0 Å². The van der Waals surface area contributed by atoms with Crippen molar-refractivity contribution < 1.29 is 14.6 Å². The Hall–Kier alpha value is -1.16. The molecule has 104 valence electrons. The summed E-state index contributed by atoms with van der Waals surface area (Å²) in [4.78, 5) is 0. The summed E-state index contributed by atoms with van der Waals surface area (Å²) in [7, 11) is 0. The van der Waals surface area contributed by atoms with Crippen LogP contribution < -0.4 is 0 Å². The Morgan fingerprint density at radius 3 is 2.79 bits per heavy atom. The van der Waals surface area contributed by atoms with Crippen LogP contribution in [0.2, 0.25) is 0 Å². The van der Waals surface area contributed by atoms with Crippen molar-refractivity contribution in [3.8, 4) is 0 Å². The zero-order valence-corrected chi connectivity index (χ0v) is 11.4. The lowest BCUT2D eigenvalue weighted by Crippen LogP contribution is -2.34. The Morgan fingerprint density at radius 1 is 1.37 bits per heavy atom. The number of hydrogen-bond acceptors (Lipinski definition) is 3. The zero-order valence-electron chi connectivity index (χ0n) is 11.4. The smallest absolute Gasteiger partial charge is 0.184 e. The number of ether oxygens (including phenoxy) is 2. The third kappa shape index (κ3) is 4.16. The second kappa shape index (κ2) is 6.85. The summed E-state index contributed by atoms with van der Waals surface area (Å²) < 4.78 is 11.8. The third-order valence-electron chi connectivity index (χ3n) is 3.31. The molecular weight excluding hydrogens is 240 g/mol. The number of aliphatic hydroxyl groups excluding tert-OH is 1. The van der Waals surface area contributed by atoms with Gasteiger partial charge in [0, 0.05) is 12.0 Å². The summed E-state index contributed by atoms with van der Waals surface area (Å²) in [6, 6.07) is 9.92. The summed E-state index contributed by atoms with van der Waals surface area (Å²) in [6.07, 6.45) is 3.24. The van der Waals surface area contributed by atoms with E-state index in [1.54, 1.807) is 6.08 Å². The molecule has 0 unspecified atom stereocenters. The Morgan fingerprint density at radius 2 is 2.11 bits per heavy atom. The van der Waals surface area contributed by atoms with Gasteiger partial charge < -0.3 is 14.6 Å². The number of benzene rings is 1. The predicted octanol–water partition coefficient (Wildman–Crippen LogP) is 3.21. The van der Waals surface area contributed by atoms with Gasteiger partial charge in [-0.15, -0.1) is 6.58 Å². The minimum Gasteiger partial charge on any atom is -0.393 e. The summed E-state index contributed by atoms with van der Waals surface area (Å²) in [5.74, 6) is 0. The molecule has 3 heteroatoms. The molecule has 1 fully saturated rings. The molecule has 1 aromatic rings. The van der Waals surface area contributed by atoms with Gasteiger partial charge in [-0.05, 0) is 19.8 Å². The van der Waals surface area contributed by atoms with E-state index in [1.165, 1.54) is 0 Å². The quantitative estimate of drug-likeness (QED) is 0.828. The van der Waals surface area contributed by atoms with E-state index in [1.807, 2.05) is 37.3 Å². The molecule has 1 aliphatic rings. The number of hydrogen-bond donors (Lipinski definition) is 1. The van der Waals surface area contributed by atoms with Crippen molar-refractivity contribution in [2.24, 2.45) is 0 Å². The van der Waals surface area contributed by atoms with E-state index in [0.717, 1.165) is 12.0 Å². The highest BCUT2D eigenvalue weighted by Crippen LogP contribution is 2.31. The fourth-order valence-corrected chi connectivity index (χ4v) is 2.41. The lowest BCUT2D eigenvalue weighted by Gasteiger charge is -2.35. The van der Waals surface area contributed by atoms with Crippen LogP contribution in [0.4, 0.5) is 0 Å². The lowest BCUT2D eigenvalue weighted by atomic mass is 10.0. The SMILES string of the molecule is C=CC[C@@H](O)C[C@@H]1C[C@H](C)O[C@H](c2ccccc2)O1. The molecule has 0 amide bonds. The molecule has 4 atom stereocenters. The van der Waals surface area contributed by atoms with Gasteiger partial charge in [-0.25, -0.2) is 0 Å². The molecule has 1 saturated heterocycles. The van der Waals surface area contributed by atoms with Crippen molar-refractivity contribution >= 4 is 0 Å². The van der Waals surface area contributed by atoms with Crippen molar-refractivity contribution in [3.63, 3.8) is 0 Å². The summed E-state index contributed by atoms with van der Waals surface area (Å²) in [5, 5.41) is 9.85. The van der Waals surface area contributed by atoms with Gasteiger partial charge in [0.1, 0.15) is 0 Å². The summed E-state index contributed by atoms with van der Waals surface area (Å²) >= 11 is 0. The molecule has 1 aliphatic heterocycles. The molecular formula is C16H22O3. The van der Waals surface area contributed by atoms with Gasteiger partial charge in [0.05, 0.1) is 18.3 Å². The standard InChI is InChI=1S/C16H22O3/c1-3-7-14(17)11-15-10-12(2)18-16(19-15)13-8-5-4-6-9-13/h3-6,8-9,12,14-17H,1,7,10-11H2,2H3/t12-,14+,15-,16-/m0/s1. The minimum atomic E-state index is -0.385. The molecule has 1 aromatic carbocycles. The van der Waals surface area contributed by atoms with Gasteiger partial charge in [-0.1, -0.05) is 36.4 Å². The van der Waals surface area contributed by atoms with E-state index in [0.29, 0.717) is 12.8 Å². The molecule has 1 N–H and O–H groups in total. The molecule has 0 radical (unpaired) electrons. The molecule has 19 heavy (non-hydrogen) atoms. The van der Waals surface area contributed by atoms with E-state index < -0.39 is 0 Å². The van der Waals surface area contributed by atoms with Crippen molar-refractivity contribution in [3.05, 3.63) is 48.6 Å². The van der Waals surface area contributed by atoms with Gasteiger partial charge in [0.25, 0.3) is 0 Å². The Labute approximate surface area is 114 Å². The van der Waals surface area contributed by atoms with Crippen LogP contribution in [0.1, 0.15) is 38.0 Å². The van der Waals surface area contributed by atoms with Crippen molar-refractivity contribution in [1.82, 2.24) is 0 Å². The lowest BCUT2D eigenvalue weighted by molar-refractivity contribution is -0.247.